The summed E-state index contributed by atoms with van der Waals surface area (Å²) in [7, 11) is 0. The van der Waals surface area contributed by atoms with Gasteiger partial charge in [0.1, 0.15) is 6.10 Å². The lowest BCUT2D eigenvalue weighted by atomic mass is 10.1. The van der Waals surface area contributed by atoms with Crippen molar-refractivity contribution in [3.63, 3.8) is 0 Å². The van der Waals surface area contributed by atoms with Crippen LogP contribution in [0.1, 0.15) is 17.5 Å². The first-order valence-corrected chi connectivity index (χ1v) is 8.58. The van der Waals surface area contributed by atoms with Crippen LogP contribution in [0.5, 0.6) is 0 Å². The van der Waals surface area contributed by atoms with Crippen LogP contribution in [0.4, 0.5) is 0 Å². The number of hydroxylamine groups is 2. The summed E-state index contributed by atoms with van der Waals surface area (Å²) in [5.74, 6) is -0.192. The molecule has 0 aliphatic carbocycles. The van der Waals surface area contributed by atoms with Gasteiger partial charge >= 0.3 is 5.97 Å². The fourth-order valence-corrected chi connectivity index (χ4v) is 3.36. The van der Waals surface area contributed by atoms with E-state index in [4.69, 9.17) is 14.3 Å². The normalized spacial score (nSPS) is 25.8. The number of esters is 1. The minimum atomic E-state index is -0.257. The lowest BCUT2D eigenvalue weighted by molar-refractivity contribution is -0.181. The predicted molar refractivity (Wildman–Crippen MR) is 91.2 cm³/mol. The Morgan fingerprint density at radius 2 is 1.68 bits per heavy atom. The first kappa shape index (κ1) is 16.3. The molecule has 0 radical (unpaired) electrons. The third-order valence-electron chi connectivity index (χ3n) is 4.60. The van der Waals surface area contributed by atoms with E-state index in [1.165, 1.54) is 0 Å². The second-order valence-electron chi connectivity index (χ2n) is 6.43. The molecule has 0 N–H and O–H groups in total. The summed E-state index contributed by atoms with van der Waals surface area (Å²) in [6, 6.07) is 20.1. The van der Waals surface area contributed by atoms with Crippen LogP contribution in [0.3, 0.4) is 0 Å². The minimum absolute atomic E-state index is 0.0969. The highest BCUT2D eigenvalue weighted by Gasteiger charge is 2.50. The molecule has 5 heteroatoms. The molecule has 0 saturated carbocycles. The molecular weight excluding hydrogens is 318 g/mol. The molecule has 3 atom stereocenters. The van der Waals surface area contributed by atoms with Crippen LogP contribution in [0, 0.1) is 0 Å². The van der Waals surface area contributed by atoms with Gasteiger partial charge in [0, 0.05) is 6.54 Å². The standard InChI is InChI=1S/C20H21NO4/c22-19-11-18-20(24-19)17(14-23-13-16-9-5-2-6-10-16)21(25-18)12-15-7-3-1-4-8-15/h1-10,17-18,20H,11-14H2/t17-,18-,20-/m1/s1. The minimum Gasteiger partial charge on any atom is -0.458 e. The maximum atomic E-state index is 11.6. The summed E-state index contributed by atoms with van der Waals surface area (Å²) in [6.07, 6.45) is -0.154. The van der Waals surface area contributed by atoms with Crippen LogP contribution in [-0.4, -0.2) is 35.9 Å². The molecule has 2 aromatic rings. The predicted octanol–water partition coefficient (Wildman–Crippen LogP) is 2.70. The van der Waals surface area contributed by atoms with Crippen LogP contribution in [-0.2, 0) is 32.3 Å². The van der Waals surface area contributed by atoms with Crippen molar-refractivity contribution < 1.29 is 19.1 Å². The number of rotatable bonds is 6. The molecule has 2 heterocycles. The van der Waals surface area contributed by atoms with E-state index in [0.29, 0.717) is 26.2 Å². The van der Waals surface area contributed by atoms with Gasteiger partial charge in [0.2, 0.25) is 0 Å². The zero-order valence-corrected chi connectivity index (χ0v) is 13.9. The molecule has 0 unspecified atom stereocenters. The second kappa shape index (κ2) is 7.35. The van der Waals surface area contributed by atoms with E-state index in [1.807, 2.05) is 53.6 Å². The van der Waals surface area contributed by atoms with E-state index >= 15 is 0 Å². The van der Waals surface area contributed by atoms with E-state index in [9.17, 15) is 4.79 Å². The summed E-state index contributed by atoms with van der Waals surface area (Å²) in [6.45, 7) is 1.63. The number of carbonyl (C=O) groups excluding carboxylic acids is 1. The third kappa shape index (κ3) is 3.74. The smallest absolute Gasteiger partial charge is 0.309 e. The quantitative estimate of drug-likeness (QED) is 0.758. The van der Waals surface area contributed by atoms with Gasteiger partial charge in [0.25, 0.3) is 0 Å². The number of fused-ring (bicyclic) bond motifs is 1. The number of hydrogen-bond donors (Lipinski definition) is 0. The fourth-order valence-electron chi connectivity index (χ4n) is 3.36. The summed E-state index contributed by atoms with van der Waals surface area (Å²) < 4.78 is 11.4. The number of benzene rings is 2. The lowest BCUT2D eigenvalue weighted by Gasteiger charge is -2.25. The Morgan fingerprint density at radius 1 is 1.00 bits per heavy atom. The van der Waals surface area contributed by atoms with E-state index in [2.05, 4.69) is 12.1 Å². The van der Waals surface area contributed by atoms with Crippen molar-refractivity contribution >= 4 is 5.97 Å². The van der Waals surface area contributed by atoms with Gasteiger partial charge in [-0.25, -0.2) is 0 Å². The highest BCUT2D eigenvalue weighted by molar-refractivity contribution is 5.72. The van der Waals surface area contributed by atoms with Gasteiger partial charge in [0.15, 0.2) is 6.10 Å². The molecule has 4 rings (SSSR count). The van der Waals surface area contributed by atoms with Crippen molar-refractivity contribution in [1.29, 1.82) is 0 Å². The maximum Gasteiger partial charge on any atom is 0.309 e. The number of ether oxygens (including phenoxy) is 2. The molecule has 2 aliphatic rings. The summed E-state index contributed by atoms with van der Waals surface area (Å²) in [5.41, 5.74) is 2.28. The van der Waals surface area contributed by atoms with Gasteiger partial charge in [-0.1, -0.05) is 60.7 Å². The Bertz CT molecular complexity index is 706. The van der Waals surface area contributed by atoms with E-state index in [0.717, 1.165) is 11.1 Å². The Balaban J connectivity index is 1.42. The van der Waals surface area contributed by atoms with Crippen molar-refractivity contribution in [3.8, 4) is 0 Å². The molecule has 0 bridgehead atoms. The Labute approximate surface area is 147 Å². The highest BCUT2D eigenvalue weighted by Crippen LogP contribution is 2.33. The van der Waals surface area contributed by atoms with Crippen LogP contribution in [0.25, 0.3) is 0 Å². The van der Waals surface area contributed by atoms with Gasteiger partial charge in [-0.15, -0.1) is 0 Å². The van der Waals surface area contributed by atoms with Crippen molar-refractivity contribution in [2.75, 3.05) is 6.61 Å². The fraction of sp³-hybridized carbons (Fsp3) is 0.350. The molecule has 25 heavy (non-hydrogen) atoms. The Morgan fingerprint density at radius 3 is 2.40 bits per heavy atom. The van der Waals surface area contributed by atoms with Gasteiger partial charge in [-0.3, -0.25) is 9.63 Å². The number of nitrogens with zero attached hydrogens (tertiary/aromatic N) is 1. The molecule has 2 aliphatic heterocycles. The van der Waals surface area contributed by atoms with E-state index in [-0.39, 0.29) is 24.2 Å². The van der Waals surface area contributed by atoms with Gasteiger partial charge < -0.3 is 9.47 Å². The van der Waals surface area contributed by atoms with Crippen LogP contribution in [0.15, 0.2) is 60.7 Å². The number of hydrogen-bond acceptors (Lipinski definition) is 5. The Kier molecular flexibility index (Phi) is 4.78. The zero-order valence-electron chi connectivity index (χ0n) is 13.9. The molecule has 0 spiro atoms. The first-order chi connectivity index (χ1) is 12.3. The lowest BCUT2D eigenvalue weighted by Crippen LogP contribution is -2.39. The first-order valence-electron chi connectivity index (χ1n) is 8.58. The van der Waals surface area contributed by atoms with Crippen molar-refractivity contribution in [2.24, 2.45) is 0 Å². The van der Waals surface area contributed by atoms with E-state index in [1.54, 1.807) is 0 Å². The molecule has 5 nitrogen and oxygen atoms in total. The average Bonchev–Trinajstić information content (AvgIpc) is 3.13. The molecule has 2 saturated heterocycles. The van der Waals surface area contributed by atoms with Crippen molar-refractivity contribution in [2.45, 2.75) is 37.8 Å². The topological polar surface area (TPSA) is 48.0 Å². The second-order valence-corrected chi connectivity index (χ2v) is 6.43. The molecule has 2 aromatic carbocycles. The SMILES string of the molecule is O=C1C[C@H]2ON(Cc3ccccc3)[C@H](COCc3ccccc3)[C@H]2O1. The summed E-state index contributed by atoms with van der Waals surface area (Å²) >= 11 is 0. The van der Waals surface area contributed by atoms with Crippen LogP contribution >= 0.6 is 0 Å². The van der Waals surface area contributed by atoms with Crippen molar-refractivity contribution in [3.05, 3.63) is 71.8 Å². The van der Waals surface area contributed by atoms with Gasteiger partial charge in [-0.2, -0.15) is 5.06 Å². The summed E-state index contributed by atoms with van der Waals surface area (Å²) in [5, 5.41) is 1.90. The largest absolute Gasteiger partial charge is 0.458 e. The van der Waals surface area contributed by atoms with Crippen LogP contribution in [0.2, 0.25) is 0 Å². The van der Waals surface area contributed by atoms with Crippen molar-refractivity contribution in [1.82, 2.24) is 5.06 Å². The summed E-state index contributed by atoms with van der Waals surface area (Å²) in [4.78, 5) is 17.6. The van der Waals surface area contributed by atoms with Gasteiger partial charge in [-0.05, 0) is 11.1 Å². The van der Waals surface area contributed by atoms with Crippen LogP contribution < -0.4 is 0 Å². The maximum absolute atomic E-state index is 11.6. The monoisotopic (exact) mass is 339 g/mol. The Hall–Kier alpha value is -2.21. The van der Waals surface area contributed by atoms with E-state index < -0.39 is 0 Å². The number of carbonyl (C=O) groups is 1. The highest BCUT2D eigenvalue weighted by atomic mass is 16.7. The zero-order chi connectivity index (χ0) is 17.1. The molecule has 130 valence electrons. The molecule has 2 fully saturated rings. The molecule has 0 amide bonds. The average molecular weight is 339 g/mol. The molecular formula is C20H21NO4. The molecule has 0 aromatic heterocycles. The third-order valence-corrected chi connectivity index (χ3v) is 4.60. The van der Waals surface area contributed by atoms with Gasteiger partial charge in [0.05, 0.1) is 25.7 Å².